The number of rotatable bonds is 4. The Morgan fingerprint density at radius 2 is 2.40 bits per heavy atom. The zero-order valence-electron chi connectivity index (χ0n) is 8.90. The van der Waals surface area contributed by atoms with Crippen molar-refractivity contribution in [2.24, 2.45) is 7.05 Å². The summed E-state index contributed by atoms with van der Waals surface area (Å²) < 4.78 is 1.79. The summed E-state index contributed by atoms with van der Waals surface area (Å²) >= 11 is 1.68. The lowest BCUT2D eigenvalue weighted by Crippen LogP contribution is -2.11. The van der Waals surface area contributed by atoms with Crippen molar-refractivity contribution in [3.8, 4) is 11.3 Å². The molecule has 1 N–H and O–H groups in total. The van der Waals surface area contributed by atoms with Crippen molar-refractivity contribution >= 4 is 11.3 Å². The summed E-state index contributed by atoms with van der Waals surface area (Å²) in [6, 6.07) is 0. The summed E-state index contributed by atoms with van der Waals surface area (Å²) in [5.74, 6) is 0. The van der Waals surface area contributed by atoms with Crippen LogP contribution in [-0.2, 0) is 13.6 Å². The molecule has 2 aromatic rings. The minimum absolute atomic E-state index is 0.849. The van der Waals surface area contributed by atoms with Crippen LogP contribution in [0.2, 0.25) is 0 Å². The molecule has 0 unspecified atom stereocenters. The highest BCUT2D eigenvalue weighted by molar-refractivity contribution is 7.09. The molecular formula is C10H14N4S. The number of nitrogens with one attached hydrogen (secondary N) is 1. The maximum absolute atomic E-state index is 4.53. The predicted octanol–water partition coefficient (Wildman–Crippen LogP) is 1.65. The molecule has 2 aromatic heterocycles. The van der Waals surface area contributed by atoms with Crippen molar-refractivity contribution in [1.29, 1.82) is 0 Å². The molecule has 0 fully saturated rings. The molecule has 0 radical (unpaired) electrons. The van der Waals surface area contributed by atoms with Crippen LogP contribution in [-0.4, -0.2) is 21.3 Å². The Labute approximate surface area is 93.0 Å². The van der Waals surface area contributed by atoms with Crippen LogP contribution in [0.3, 0.4) is 0 Å². The van der Waals surface area contributed by atoms with Crippen LogP contribution < -0.4 is 5.32 Å². The van der Waals surface area contributed by atoms with E-state index < -0.39 is 0 Å². The van der Waals surface area contributed by atoms with Crippen LogP contribution in [0.4, 0.5) is 0 Å². The fraction of sp³-hybridized carbons (Fsp3) is 0.400. The third kappa shape index (κ3) is 2.43. The van der Waals surface area contributed by atoms with Crippen LogP contribution >= 0.6 is 11.3 Å². The number of aromatic nitrogens is 3. The van der Waals surface area contributed by atoms with Crippen LogP contribution in [0, 0.1) is 0 Å². The number of aryl methyl sites for hydroxylation is 1. The Morgan fingerprint density at radius 1 is 1.53 bits per heavy atom. The van der Waals surface area contributed by atoms with Gasteiger partial charge in [-0.25, -0.2) is 4.98 Å². The Morgan fingerprint density at radius 3 is 3.07 bits per heavy atom. The first-order chi connectivity index (χ1) is 7.29. The van der Waals surface area contributed by atoms with Gasteiger partial charge in [0.2, 0.25) is 0 Å². The van der Waals surface area contributed by atoms with Gasteiger partial charge in [0.15, 0.2) is 0 Å². The monoisotopic (exact) mass is 222 g/mol. The van der Waals surface area contributed by atoms with E-state index in [0.29, 0.717) is 0 Å². The van der Waals surface area contributed by atoms with Crippen LogP contribution in [0.1, 0.15) is 11.9 Å². The molecule has 0 amide bonds. The van der Waals surface area contributed by atoms with Crippen molar-refractivity contribution in [2.45, 2.75) is 13.5 Å². The van der Waals surface area contributed by atoms with Gasteiger partial charge in [-0.1, -0.05) is 6.92 Å². The van der Waals surface area contributed by atoms with E-state index >= 15 is 0 Å². The third-order valence-corrected chi connectivity index (χ3v) is 2.93. The highest BCUT2D eigenvalue weighted by Crippen LogP contribution is 2.20. The molecule has 0 aromatic carbocycles. The molecule has 0 spiro atoms. The minimum atomic E-state index is 0.849. The van der Waals surface area contributed by atoms with Crippen LogP contribution in [0.25, 0.3) is 11.3 Å². The van der Waals surface area contributed by atoms with Crippen molar-refractivity contribution in [2.75, 3.05) is 6.54 Å². The summed E-state index contributed by atoms with van der Waals surface area (Å²) in [7, 11) is 1.91. The third-order valence-electron chi connectivity index (χ3n) is 2.08. The molecule has 0 saturated heterocycles. The van der Waals surface area contributed by atoms with Gasteiger partial charge >= 0.3 is 0 Å². The Balaban J connectivity index is 2.13. The zero-order chi connectivity index (χ0) is 10.7. The Bertz CT molecular complexity index is 432. The summed E-state index contributed by atoms with van der Waals surface area (Å²) in [6.07, 6.45) is 3.82. The summed E-state index contributed by atoms with van der Waals surface area (Å²) in [5.41, 5.74) is 2.09. The average molecular weight is 222 g/mol. The quantitative estimate of drug-likeness (QED) is 0.855. The number of hydrogen-bond donors (Lipinski definition) is 1. The van der Waals surface area contributed by atoms with Gasteiger partial charge in [-0.3, -0.25) is 4.68 Å². The van der Waals surface area contributed by atoms with Gasteiger partial charge in [0, 0.05) is 30.7 Å². The van der Waals surface area contributed by atoms with E-state index in [1.54, 1.807) is 16.0 Å². The molecule has 0 bridgehead atoms. The zero-order valence-corrected chi connectivity index (χ0v) is 9.71. The number of nitrogens with zero attached hydrogens (tertiary/aromatic N) is 3. The van der Waals surface area contributed by atoms with Gasteiger partial charge in [-0.15, -0.1) is 11.3 Å². The van der Waals surface area contributed by atoms with Crippen molar-refractivity contribution in [3.05, 3.63) is 22.8 Å². The highest BCUT2D eigenvalue weighted by atomic mass is 32.1. The van der Waals surface area contributed by atoms with Crippen molar-refractivity contribution in [3.63, 3.8) is 0 Å². The largest absolute Gasteiger partial charge is 0.311 e. The number of thiazole rings is 1. The second-order valence-electron chi connectivity index (χ2n) is 3.31. The van der Waals surface area contributed by atoms with Gasteiger partial charge in [-0.2, -0.15) is 5.10 Å². The summed E-state index contributed by atoms with van der Waals surface area (Å²) in [5, 5.41) is 10.6. The number of hydrogen-bond acceptors (Lipinski definition) is 4. The molecule has 0 atom stereocenters. The molecule has 5 heteroatoms. The molecule has 2 rings (SSSR count). The van der Waals surface area contributed by atoms with Gasteiger partial charge in [0.05, 0.1) is 11.9 Å². The first-order valence-electron chi connectivity index (χ1n) is 4.93. The van der Waals surface area contributed by atoms with E-state index in [0.717, 1.165) is 29.4 Å². The molecule has 15 heavy (non-hydrogen) atoms. The average Bonchev–Trinajstić information content (AvgIpc) is 2.83. The fourth-order valence-corrected chi connectivity index (χ4v) is 2.08. The van der Waals surface area contributed by atoms with E-state index in [1.807, 2.05) is 19.4 Å². The van der Waals surface area contributed by atoms with Crippen molar-refractivity contribution < 1.29 is 0 Å². The highest BCUT2D eigenvalue weighted by Gasteiger charge is 2.05. The minimum Gasteiger partial charge on any atom is -0.311 e. The van der Waals surface area contributed by atoms with Gasteiger partial charge in [0.25, 0.3) is 0 Å². The van der Waals surface area contributed by atoms with E-state index in [2.05, 4.69) is 27.7 Å². The lowest BCUT2D eigenvalue weighted by Gasteiger charge is -1.94. The molecule has 0 aliphatic rings. The molecule has 0 aliphatic heterocycles. The molecule has 4 nitrogen and oxygen atoms in total. The second kappa shape index (κ2) is 4.55. The second-order valence-corrected chi connectivity index (χ2v) is 4.25. The summed E-state index contributed by atoms with van der Waals surface area (Å²) in [4.78, 5) is 4.53. The molecule has 0 saturated carbocycles. The van der Waals surface area contributed by atoms with Crippen LogP contribution in [0.15, 0.2) is 17.8 Å². The standard InChI is InChI=1S/C10H14N4S/c1-3-11-5-10-13-9(7-15-10)8-4-12-14(2)6-8/h4,6-7,11H,3,5H2,1-2H3. The summed E-state index contributed by atoms with van der Waals surface area (Å²) in [6.45, 7) is 3.92. The van der Waals surface area contributed by atoms with Gasteiger partial charge in [-0.05, 0) is 6.54 Å². The Hall–Kier alpha value is -1.20. The topological polar surface area (TPSA) is 42.7 Å². The molecule has 2 heterocycles. The van der Waals surface area contributed by atoms with E-state index in [-0.39, 0.29) is 0 Å². The lowest BCUT2D eigenvalue weighted by molar-refractivity contribution is 0.723. The fourth-order valence-electron chi connectivity index (χ4n) is 1.31. The lowest BCUT2D eigenvalue weighted by atomic mass is 10.3. The SMILES string of the molecule is CCNCc1nc(-c2cnn(C)c2)cs1. The normalized spacial score (nSPS) is 10.8. The molecule has 0 aliphatic carbocycles. The first-order valence-corrected chi connectivity index (χ1v) is 5.81. The van der Waals surface area contributed by atoms with Crippen LogP contribution in [0.5, 0.6) is 0 Å². The van der Waals surface area contributed by atoms with E-state index in [4.69, 9.17) is 0 Å². The van der Waals surface area contributed by atoms with Gasteiger partial charge in [0.1, 0.15) is 5.01 Å². The van der Waals surface area contributed by atoms with Gasteiger partial charge < -0.3 is 5.32 Å². The van der Waals surface area contributed by atoms with E-state index in [9.17, 15) is 0 Å². The first kappa shape index (κ1) is 10.3. The Kier molecular flexibility index (Phi) is 3.13. The molecule has 80 valence electrons. The predicted molar refractivity (Wildman–Crippen MR) is 61.7 cm³/mol. The van der Waals surface area contributed by atoms with Crippen molar-refractivity contribution in [1.82, 2.24) is 20.1 Å². The maximum Gasteiger partial charge on any atom is 0.107 e. The smallest absolute Gasteiger partial charge is 0.107 e. The maximum atomic E-state index is 4.53. The van der Waals surface area contributed by atoms with E-state index in [1.165, 1.54) is 0 Å². The molecular weight excluding hydrogens is 208 g/mol.